The Kier molecular flexibility index (Phi) is 2.66. The van der Waals surface area contributed by atoms with E-state index < -0.39 is 5.97 Å². The number of aryl methyl sites for hydroxylation is 1. The zero-order chi connectivity index (χ0) is 12.5. The monoisotopic (exact) mass is 246 g/mol. The van der Waals surface area contributed by atoms with Crippen molar-refractivity contribution in [2.45, 2.75) is 25.8 Å². The van der Waals surface area contributed by atoms with Gasteiger partial charge in [-0.1, -0.05) is 0 Å². The van der Waals surface area contributed by atoms with Crippen LogP contribution in [0.1, 0.15) is 23.7 Å². The van der Waals surface area contributed by atoms with Crippen LogP contribution in [-0.2, 0) is 24.2 Å². The maximum atomic E-state index is 11.1. The number of nitrogens with zero attached hydrogens (tertiary/aromatic N) is 2. The third-order valence-electron chi connectivity index (χ3n) is 3.43. The van der Waals surface area contributed by atoms with Gasteiger partial charge in [-0.3, -0.25) is 4.79 Å². The van der Waals surface area contributed by atoms with E-state index >= 15 is 0 Å². The molecule has 0 aliphatic carbocycles. The van der Waals surface area contributed by atoms with Gasteiger partial charge in [0, 0.05) is 18.4 Å². The molecule has 0 fully saturated rings. The van der Waals surface area contributed by atoms with Gasteiger partial charge in [0.1, 0.15) is 11.6 Å². The molecular weight excluding hydrogens is 232 g/mol. The lowest BCUT2D eigenvalue weighted by molar-refractivity contribution is -0.142. The molecule has 0 bridgehead atoms. The van der Waals surface area contributed by atoms with E-state index in [0.29, 0.717) is 19.4 Å². The van der Waals surface area contributed by atoms with Crippen LogP contribution >= 0.6 is 0 Å². The van der Waals surface area contributed by atoms with E-state index in [2.05, 4.69) is 4.98 Å². The molecule has 18 heavy (non-hydrogen) atoms. The molecule has 0 aromatic carbocycles. The topological polar surface area (TPSA) is 68.3 Å². The molecule has 1 atom stereocenters. The lowest BCUT2D eigenvalue weighted by atomic mass is 9.98. The van der Waals surface area contributed by atoms with Gasteiger partial charge in [0.25, 0.3) is 0 Å². The molecule has 0 saturated carbocycles. The summed E-state index contributed by atoms with van der Waals surface area (Å²) < 4.78 is 7.32. The molecule has 1 aliphatic rings. The second-order valence-electron chi connectivity index (χ2n) is 4.61. The summed E-state index contributed by atoms with van der Waals surface area (Å²) in [6.07, 6.45) is 5.56. The summed E-state index contributed by atoms with van der Waals surface area (Å²) in [6, 6.07) is 3.74. The molecule has 1 N–H and O–H groups in total. The summed E-state index contributed by atoms with van der Waals surface area (Å²) in [5, 5.41) is 9.10. The van der Waals surface area contributed by atoms with Crippen LogP contribution in [0.5, 0.6) is 0 Å². The fourth-order valence-corrected chi connectivity index (χ4v) is 2.42. The van der Waals surface area contributed by atoms with Gasteiger partial charge in [-0.15, -0.1) is 0 Å². The van der Waals surface area contributed by atoms with E-state index in [9.17, 15) is 4.79 Å². The molecule has 94 valence electrons. The number of fused-ring (bicyclic) bond motifs is 1. The van der Waals surface area contributed by atoms with Gasteiger partial charge in [0.15, 0.2) is 0 Å². The minimum atomic E-state index is -0.724. The van der Waals surface area contributed by atoms with Crippen LogP contribution in [0, 0.1) is 5.92 Å². The Morgan fingerprint density at radius 3 is 3.22 bits per heavy atom. The standard InChI is InChI=1S/C13H14N2O3/c16-13(17)9-3-4-10-7-14-12(15(10)8-9)6-11-2-1-5-18-11/h1-2,5,7,9H,3-4,6,8H2,(H,16,17). The highest BCUT2D eigenvalue weighted by atomic mass is 16.4. The van der Waals surface area contributed by atoms with Crippen LogP contribution in [0.15, 0.2) is 29.0 Å². The maximum absolute atomic E-state index is 11.1. The van der Waals surface area contributed by atoms with E-state index in [1.54, 1.807) is 6.26 Å². The molecule has 1 unspecified atom stereocenters. The van der Waals surface area contributed by atoms with Gasteiger partial charge < -0.3 is 14.1 Å². The predicted octanol–water partition coefficient (Wildman–Crippen LogP) is 1.71. The van der Waals surface area contributed by atoms with Crippen molar-refractivity contribution in [1.82, 2.24) is 9.55 Å². The Morgan fingerprint density at radius 1 is 1.61 bits per heavy atom. The van der Waals surface area contributed by atoms with Crippen LogP contribution in [-0.4, -0.2) is 20.6 Å². The van der Waals surface area contributed by atoms with Crippen LogP contribution in [0.4, 0.5) is 0 Å². The predicted molar refractivity (Wildman–Crippen MR) is 63.2 cm³/mol. The van der Waals surface area contributed by atoms with Crippen LogP contribution in [0.25, 0.3) is 0 Å². The summed E-state index contributed by atoms with van der Waals surface area (Å²) in [5.74, 6) is 0.701. The number of carboxylic acid groups (broad SMARTS) is 1. The number of furan rings is 1. The fourth-order valence-electron chi connectivity index (χ4n) is 2.42. The Hall–Kier alpha value is -2.04. The Bertz CT molecular complexity index is 557. The zero-order valence-electron chi connectivity index (χ0n) is 9.87. The van der Waals surface area contributed by atoms with E-state index in [-0.39, 0.29) is 5.92 Å². The van der Waals surface area contributed by atoms with Crippen LogP contribution < -0.4 is 0 Å². The molecule has 2 aromatic rings. The van der Waals surface area contributed by atoms with Crippen molar-refractivity contribution in [2.75, 3.05) is 0 Å². The smallest absolute Gasteiger partial charge is 0.308 e. The van der Waals surface area contributed by atoms with Crippen molar-refractivity contribution in [3.8, 4) is 0 Å². The van der Waals surface area contributed by atoms with Gasteiger partial charge in [-0.2, -0.15) is 0 Å². The van der Waals surface area contributed by atoms with E-state index in [0.717, 1.165) is 23.7 Å². The Balaban J connectivity index is 1.85. The number of imidazole rings is 1. The van der Waals surface area contributed by atoms with E-state index in [1.807, 2.05) is 22.9 Å². The Labute approximate surface area is 104 Å². The maximum Gasteiger partial charge on any atom is 0.308 e. The second-order valence-corrected chi connectivity index (χ2v) is 4.61. The number of aliphatic carboxylic acids is 1. The van der Waals surface area contributed by atoms with Gasteiger partial charge in [-0.05, 0) is 25.0 Å². The fraction of sp³-hybridized carbons (Fsp3) is 0.385. The van der Waals surface area contributed by atoms with Crippen molar-refractivity contribution >= 4 is 5.97 Å². The van der Waals surface area contributed by atoms with Crippen molar-refractivity contribution in [1.29, 1.82) is 0 Å². The molecule has 5 nitrogen and oxygen atoms in total. The Morgan fingerprint density at radius 2 is 2.50 bits per heavy atom. The van der Waals surface area contributed by atoms with Crippen molar-refractivity contribution in [3.05, 3.63) is 41.9 Å². The number of hydrogen-bond donors (Lipinski definition) is 1. The van der Waals surface area contributed by atoms with Gasteiger partial charge in [-0.25, -0.2) is 4.98 Å². The summed E-state index contributed by atoms with van der Waals surface area (Å²) >= 11 is 0. The number of hydrogen-bond acceptors (Lipinski definition) is 3. The molecule has 3 heterocycles. The van der Waals surface area contributed by atoms with Crippen molar-refractivity contribution < 1.29 is 14.3 Å². The SMILES string of the molecule is O=C(O)C1CCc2cnc(Cc3ccco3)n2C1. The van der Waals surface area contributed by atoms with Crippen molar-refractivity contribution in [2.24, 2.45) is 5.92 Å². The lowest BCUT2D eigenvalue weighted by Gasteiger charge is -2.22. The van der Waals surface area contributed by atoms with Gasteiger partial charge in [0.05, 0.1) is 18.6 Å². The van der Waals surface area contributed by atoms with E-state index in [1.165, 1.54) is 0 Å². The van der Waals surface area contributed by atoms with Gasteiger partial charge in [0.2, 0.25) is 0 Å². The third kappa shape index (κ3) is 1.92. The molecule has 3 rings (SSSR count). The first kappa shape index (κ1) is 11.1. The summed E-state index contributed by atoms with van der Waals surface area (Å²) in [6.45, 7) is 0.515. The second kappa shape index (κ2) is 4.33. The molecule has 5 heteroatoms. The van der Waals surface area contributed by atoms with Crippen LogP contribution in [0.2, 0.25) is 0 Å². The minimum Gasteiger partial charge on any atom is -0.481 e. The third-order valence-corrected chi connectivity index (χ3v) is 3.43. The molecular formula is C13H14N2O3. The lowest BCUT2D eigenvalue weighted by Crippen LogP contribution is -2.27. The molecule has 0 saturated heterocycles. The molecule has 1 aliphatic heterocycles. The molecule has 0 amide bonds. The number of rotatable bonds is 3. The first-order chi connectivity index (χ1) is 8.74. The van der Waals surface area contributed by atoms with E-state index in [4.69, 9.17) is 9.52 Å². The summed E-state index contributed by atoms with van der Waals surface area (Å²) in [7, 11) is 0. The van der Waals surface area contributed by atoms with Gasteiger partial charge >= 0.3 is 5.97 Å². The highest BCUT2D eigenvalue weighted by molar-refractivity contribution is 5.70. The highest BCUT2D eigenvalue weighted by Gasteiger charge is 2.26. The first-order valence-corrected chi connectivity index (χ1v) is 6.02. The quantitative estimate of drug-likeness (QED) is 0.895. The number of carboxylic acids is 1. The number of aromatic nitrogens is 2. The summed E-state index contributed by atoms with van der Waals surface area (Å²) in [5.41, 5.74) is 1.12. The van der Waals surface area contributed by atoms with Crippen molar-refractivity contribution in [3.63, 3.8) is 0 Å². The molecule has 0 radical (unpaired) electrons. The molecule has 0 spiro atoms. The van der Waals surface area contributed by atoms with Crippen LogP contribution in [0.3, 0.4) is 0 Å². The average molecular weight is 246 g/mol. The highest BCUT2D eigenvalue weighted by Crippen LogP contribution is 2.23. The summed E-state index contributed by atoms with van der Waals surface area (Å²) in [4.78, 5) is 15.4. The average Bonchev–Trinajstić information content (AvgIpc) is 2.99. The number of carbonyl (C=O) groups is 1. The minimum absolute atomic E-state index is 0.304. The normalized spacial score (nSPS) is 18.6. The first-order valence-electron chi connectivity index (χ1n) is 6.02. The molecule has 2 aromatic heterocycles. The zero-order valence-corrected chi connectivity index (χ0v) is 9.87. The largest absolute Gasteiger partial charge is 0.481 e.